The van der Waals surface area contributed by atoms with Crippen molar-refractivity contribution in [2.24, 2.45) is 0 Å². The van der Waals surface area contributed by atoms with E-state index >= 15 is 0 Å². The Morgan fingerprint density at radius 1 is 1.20 bits per heavy atom. The molecule has 1 N–H and O–H groups in total. The van der Waals surface area contributed by atoms with Crippen LogP contribution >= 0.6 is 0 Å². The van der Waals surface area contributed by atoms with Crippen LogP contribution in [-0.4, -0.2) is 23.5 Å². The average molecular weight is 271 g/mol. The summed E-state index contributed by atoms with van der Waals surface area (Å²) in [6.07, 6.45) is 4.49. The molecule has 5 heteroatoms. The molecule has 2 heterocycles. The fourth-order valence-corrected chi connectivity index (χ4v) is 2.48. The lowest BCUT2D eigenvalue weighted by atomic mass is 9.98. The molecule has 0 unspecified atom stereocenters. The molecule has 20 heavy (non-hydrogen) atoms. The van der Waals surface area contributed by atoms with Crippen LogP contribution in [0.3, 0.4) is 0 Å². The number of hydrogen-bond acceptors (Lipinski definition) is 3. The van der Waals surface area contributed by atoms with Gasteiger partial charge in [-0.05, 0) is 42.7 Å². The molecule has 5 nitrogen and oxygen atoms in total. The Kier molecular flexibility index (Phi) is 3.02. The fourth-order valence-electron chi connectivity index (χ4n) is 2.48. The van der Waals surface area contributed by atoms with Gasteiger partial charge in [-0.25, -0.2) is 4.79 Å². The predicted molar refractivity (Wildman–Crippen MR) is 72.1 cm³/mol. The van der Waals surface area contributed by atoms with Crippen LogP contribution < -0.4 is 4.90 Å². The quantitative estimate of drug-likeness (QED) is 0.911. The zero-order valence-corrected chi connectivity index (χ0v) is 10.7. The summed E-state index contributed by atoms with van der Waals surface area (Å²) >= 11 is 0. The lowest BCUT2D eigenvalue weighted by molar-refractivity contribution is 0.0696. The van der Waals surface area contributed by atoms with Crippen LogP contribution in [0.25, 0.3) is 0 Å². The predicted octanol–water partition coefficient (Wildman–Crippen LogP) is 2.57. The average Bonchev–Trinajstić information content (AvgIpc) is 2.99. The van der Waals surface area contributed by atoms with Crippen LogP contribution in [0.2, 0.25) is 0 Å². The molecule has 0 radical (unpaired) electrons. The van der Waals surface area contributed by atoms with Gasteiger partial charge < -0.3 is 14.4 Å². The molecular formula is C15H13NO4. The summed E-state index contributed by atoms with van der Waals surface area (Å²) in [5.41, 5.74) is 2.43. The first-order valence-corrected chi connectivity index (χ1v) is 6.37. The first kappa shape index (κ1) is 12.5. The normalized spacial score (nSPS) is 13.9. The van der Waals surface area contributed by atoms with Gasteiger partial charge in [0.25, 0.3) is 5.91 Å². The molecule has 1 amide bonds. The standard InChI is InChI=1S/C15H13NO4/c17-14(12-5-7-20-9-12)16-6-1-2-10-8-11(15(18)19)3-4-13(10)16/h3-5,7-9H,1-2,6H2,(H,18,19). The molecule has 0 atom stereocenters. The lowest BCUT2D eigenvalue weighted by Gasteiger charge is -2.29. The summed E-state index contributed by atoms with van der Waals surface area (Å²) in [6, 6.07) is 6.51. The third kappa shape index (κ3) is 2.07. The number of nitrogens with zero attached hydrogens (tertiary/aromatic N) is 1. The van der Waals surface area contributed by atoms with Crippen LogP contribution in [0, 0.1) is 0 Å². The maximum Gasteiger partial charge on any atom is 0.335 e. The van der Waals surface area contributed by atoms with Gasteiger partial charge in [-0.2, -0.15) is 0 Å². The topological polar surface area (TPSA) is 70.8 Å². The van der Waals surface area contributed by atoms with Crippen molar-refractivity contribution in [1.29, 1.82) is 0 Å². The van der Waals surface area contributed by atoms with Crippen LogP contribution in [-0.2, 0) is 6.42 Å². The van der Waals surface area contributed by atoms with Crippen molar-refractivity contribution in [1.82, 2.24) is 0 Å². The smallest absolute Gasteiger partial charge is 0.335 e. The van der Waals surface area contributed by atoms with Crippen LogP contribution in [0.5, 0.6) is 0 Å². The van der Waals surface area contributed by atoms with E-state index in [1.807, 2.05) is 0 Å². The van der Waals surface area contributed by atoms with E-state index in [2.05, 4.69) is 0 Å². The van der Waals surface area contributed by atoms with Crippen molar-refractivity contribution >= 4 is 17.6 Å². The first-order valence-electron chi connectivity index (χ1n) is 6.37. The van der Waals surface area contributed by atoms with E-state index in [0.29, 0.717) is 12.1 Å². The highest BCUT2D eigenvalue weighted by Gasteiger charge is 2.24. The summed E-state index contributed by atoms with van der Waals surface area (Å²) in [5.74, 6) is -1.08. The van der Waals surface area contributed by atoms with E-state index < -0.39 is 5.97 Å². The molecule has 0 saturated carbocycles. The van der Waals surface area contributed by atoms with E-state index in [1.165, 1.54) is 18.6 Å². The zero-order valence-electron chi connectivity index (χ0n) is 10.7. The molecule has 1 aromatic carbocycles. The van der Waals surface area contributed by atoms with Crippen molar-refractivity contribution in [2.45, 2.75) is 12.8 Å². The summed E-state index contributed by atoms with van der Waals surface area (Å²) in [5, 5.41) is 9.02. The van der Waals surface area contributed by atoms with Crippen LogP contribution in [0.15, 0.2) is 41.2 Å². The number of amides is 1. The van der Waals surface area contributed by atoms with E-state index in [1.54, 1.807) is 23.1 Å². The minimum Gasteiger partial charge on any atom is -0.478 e. The number of carboxylic acid groups (broad SMARTS) is 1. The zero-order chi connectivity index (χ0) is 14.1. The second-order valence-corrected chi connectivity index (χ2v) is 4.72. The van der Waals surface area contributed by atoms with Gasteiger partial charge in [-0.15, -0.1) is 0 Å². The van der Waals surface area contributed by atoms with Crippen molar-refractivity contribution in [3.63, 3.8) is 0 Å². The SMILES string of the molecule is O=C(O)c1ccc2c(c1)CCCN2C(=O)c1ccoc1. The van der Waals surface area contributed by atoms with Gasteiger partial charge in [0.15, 0.2) is 0 Å². The number of anilines is 1. The Morgan fingerprint density at radius 3 is 2.75 bits per heavy atom. The molecule has 3 rings (SSSR count). The molecule has 0 spiro atoms. The molecular weight excluding hydrogens is 258 g/mol. The number of carbonyl (C=O) groups is 2. The number of rotatable bonds is 2. The van der Waals surface area contributed by atoms with E-state index in [0.717, 1.165) is 24.1 Å². The number of fused-ring (bicyclic) bond motifs is 1. The number of furan rings is 1. The first-order chi connectivity index (χ1) is 9.66. The maximum atomic E-state index is 12.4. The van der Waals surface area contributed by atoms with Crippen molar-refractivity contribution < 1.29 is 19.1 Å². The van der Waals surface area contributed by atoms with Gasteiger partial charge in [0.2, 0.25) is 0 Å². The second kappa shape index (κ2) is 4.85. The minimum atomic E-state index is -0.953. The Labute approximate surface area is 115 Å². The number of carbonyl (C=O) groups excluding carboxylic acids is 1. The molecule has 102 valence electrons. The van der Waals surface area contributed by atoms with Crippen molar-refractivity contribution in [3.8, 4) is 0 Å². The minimum absolute atomic E-state index is 0.122. The summed E-state index contributed by atoms with van der Waals surface area (Å²) in [7, 11) is 0. The number of aromatic carboxylic acids is 1. The Balaban J connectivity index is 1.98. The number of hydrogen-bond donors (Lipinski definition) is 1. The fraction of sp³-hybridized carbons (Fsp3) is 0.200. The molecule has 2 aromatic rings. The van der Waals surface area contributed by atoms with E-state index in [4.69, 9.17) is 9.52 Å². The van der Waals surface area contributed by atoms with Crippen LogP contribution in [0.4, 0.5) is 5.69 Å². The summed E-state index contributed by atoms with van der Waals surface area (Å²) in [6.45, 7) is 0.628. The molecule has 0 saturated heterocycles. The second-order valence-electron chi connectivity index (χ2n) is 4.72. The molecule has 1 aliphatic rings. The number of benzene rings is 1. The van der Waals surface area contributed by atoms with Gasteiger partial charge in [0.1, 0.15) is 6.26 Å². The molecule has 0 aliphatic carbocycles. The number of aryl methyl sites for hydroxylation is 1. The summed E-state index contributed by atoms with van der Waals surface area (Å²) in [4.78, 5) is 25.1. The van der Waals surface area contributed by atoms with Gasteiger partial charge in [-0.1, -0.05) is 0 Å². The highest BCUT2D eigenvalue weighted by molar-refractivity contribution is 6.06. The van der Waals surface area contributed by atoms with Crippen LogP contribution in [0.1, 0.15) is 32.7 Å². The Bertz CT molecular complexity index is 661. The molecule has 0 bridgehead atoms. The van der Waals surface area contributed by atoms with Crippen molar-refractivity contribution in [3.05, 3.63) is 53.5 Å². The summed E-state index contributed by atoms with van der Waals surface area (Å²) < 4.78 is 4.94. The molecule has 0 fully saturated rings. The lowest BCUT2D eigenvalue weighted by Crippen LogP contribution is -2.35. The van der Waals surface area contributed by atoms with E-state index in [-0.39, 0.29) is 11.5 Å². The highest BCUT2D eigenvalue weighted by Crippen LogP contribution is 2.29. The van der Waals surface area contributed by atoms with Gasteiger partial charge in [0, 0.05) is 12.2 Å². The number of carboxylic acids is 1. The van der Waals surface area contributed by atoms with Gasteiger partial charge in [-0.3, -0.25) is 4.79 Å². The monoisotopic (exact) mass is 271 g/mol. The van der Waals surface area contributed by atoms with Gasteiger partial charge in [0.05, 0.1) is 17.4 Å². The third-order valence-electron chi connectivity index (χ3n) is 3.46. The Morgan fingerprint density at radius 2 is 2.05 bits per heavy atom. The van der Waals surface area contributed by atoms with E-state index in [9.17, 15) is 9.59 Å². The third-order valence-corrected chi connectivity index (χ3v) is 3.46. The maximum absolute atomic E-state index is 12.4. The molecule has 1 aromatic heterocycles. The Hall–Kier alpha value is -2.56. The van der Waals surface area contributed by atoms with Crippen molar-refractivity contribution in [2.75, 3.05) is 11.4 Å². The largest absolute Gasteiger partial charge is 0.478 e. The highest BCUT2D eigenvalue weighted by atomic mass is 16.4. The molecule has 1 aliphatic heterocycles. The van der Waals surface area contributed by atoms with Gasteiger partial charge >= 0.3 is 5.97 Å².